The average molecular weight is 280 g/mol. The second kappa shape index (κ2) is 5.61. The maximum Gasteiger partial charge on any atom is 0.0217 e. The van der Waals surface area contributed by atoms with Gasteiger partial charge in [-0.2, -0.15) is 0 Å². The van der Waals surface area contributed by atoms with Gasteiger partial charge in [-0.1, -0.05) is 34.6 Å². The van der Waals surface area contributed by atoms with Crippen LogP contribution in [0.2, 0.25) is 0 Å². The minimum absolute atomic E-state index is 0.474. The fourth-order valence-corrected chi connectivity index (χ4v) is 5.09. The van der Waals surface area contributed by atoms with Gasteiger partial charge in [0.15, 0.2) is 0 Å². The predicted molar refractivity (Wildman–Crippen MR) is 87.9 cm³/mol. The monoisotopic (exact) mass is 280 g/mol. The standard InChI is InChI=1S/C18H36N2/c1-13(2)10-15(20(6)7)12-19-16-17(3,4)14-8-9-18(16,5)11-14/h13-16,19H,8-12H2,1-7H3. The summed E-state index contributed by atoms with van der Waals surface area (Å²) in [6, 6.07) is 1.36. The molecule has 2 rings (SSSR count). The van der Waals surface area contributed by atoms with Crippen molar-refractivity contribution in [3.05, 3.63) is 0 Å². The number of hydrogen-bond acceptors (Lipinski definition) is 2. The molecule has 0 aliphatic heterocycles. The van der Waals surface area contributed by atoms with Crippen molar-refractivity contribution in [1.82, 2.24) is 10.2 Å². The first-order valence-corrected chi connectivity index (χ1v) is 8.56. The number of hydrogen-bond donors (Lipinski definition) is 1. The molecule has 0 radical (unpaired) electrons. The molecule has 0 spiro atoms. The van der Waals surface area contributed by atoms with Gasteiger partial charge in [0.25, 0.3) is 0 Å². The fourth-order valence-electron chi connectivity index (χ4n) is 5.09. The third kappa shape index (κ3) is 2.92. The van der Waals surface area contributed by atoms with Crippen molar-refractivity contribution in [2.45, 2.75) is 72.4 Å². The van der Waals surface area contributed by atoms with Crippen molar-refractivity contribution in [3.63, 3.8) is 0 Å². The number of rotatable bonds is 6. The molecule has 4 unspecified atom stereocenters. The molecule has 118 valence electrons. The quantitative estimate of drug-likeness (QED) is 0.797. The average Bonchev–Trinajstić information content (AvgIpc) is 2.77. The molecule has 20 heavy (non-hydrogen) atoms. The van der Waals surface area contributed by atoms with E-state index in [1.807, 2.05) is 0 Å². The van der Waals surface area contributed by atoms with Gasteiger partial charge in [-0.25, -0.2) is 0 Å². The summed E-state index contributed by atoms with van der Waals surface area (Å²) in [6.45, 7) is 13.3. The summed E-state index contributed by atoms with van der Waals surface area (Å²) in [5.41, 5.74) is 1.02. The van der Waals surface area contributed by atoms with Gasteiger partial charge in [-0.05, 0) is 62.4 Å². The first-order chi connectivity index (χ1) is 9.17. The molecule has 0 aromatic rings. The minimum Gasteiger partial charge on any atom is -0.311 e. The van der Waals surface area contributed by atoms with Crippen LogP contribution < -0.4 is 5.32 Å². The zero-order valence-electron chi connectivity index (χ0n) is 14.8. The summed E-state index contributed by atoms with van der Waals surface area (Å²) in [6.07, 6.45) is 5.60. The van der Waals surface area contributed by atoms with Crippen molar-refractivity contribution in [2.75, 3.05) is 20.6 Å². The molecule has 2 aliphatic carbocycles. The molecule has 4 atom stereocenters. The normalized spacial score (nSPS) is 37.0. The molecular weight excluding hydrogens is 244 g/mol. The van der Waals surface area contributed by atoms with Crippen molar-refractivity contribution in [3.8, 4) is 0 Å². The molecule has 0 aromatic heterocycles. The van der Waals surface area contributed by atoms with Crippen molar-refractivity contribution >= 4 is 0 Å². The van der Waals surface area contributed by atoms with Gasteiger partial charge in [0.1, 0.15) is 0 Å². The molecule has 2 bridgehead atoms. The Bertz CT molecular complexity index is 330. The summed E-state index contributed by atoms with van der Waals surface area (Å²) in [5.74, 6) is 1.71. The Morgan fingerprint density at radius 2 is 1.85 bits per heavy atom. The van der Waals surface area contributed by atoms with E-state index in [2.05, 4.69) is 58.9 Å². The molecule has 0 aromatic carbocycles. The Balaban J connectivity index is 1.99. The summed E-state index contributed by atoms with van der Waals surface area (Å²) in [5, 5.41) is 3.99. The Labute approximate surface area is 126 Å². The molecule has 2 fully saturated rings. The zero-order chi connectivity index (χ0) is 15.1. The second-order valence-electron chi connectivity index (χ2n) is 9.00. The van der Waals surface area contributed by atoms with E-state index in [-0.39, 0.29) is 0 Å². The van der Waals surface area contributed by atoms with E-state index in [1.165, 1.54) is 25.7 Å². The highest BCUT2D eigenvalue weighted by Gasteiger charge is 2.58. The van der Waals surface area contributed by atoms with E-state index in [0.717, 1.165) is 18.4 Å². The highest BCUT2D eigenvalue weighted by molar-refractivity contribution is 5.12. The smallest absolute Gasteiger partial charge is 0.0217 e. The third-order valence-corrected chi connectivity index (χ3v) is 6.30. The lowest BCUT2D eigenvalue weighted by atomic mass is 9.68. The largest absolute Gasteiger partial charge is 0.311 e. The van der Waals surface area contributed by atoms with Crippen LogP contribution in [-0.2, 0) is 0 Å². The van der Waals surface area contributed by atoms with Gasteiger partial charge in [-0.3, -0.25) is 0 Å². The van der Waals surface area contributed by atoms with Crippen LogP contribution in [0, 0.1) is 22.7 Å². The van der Waals surface area contributed by atoms with Crippen LogP contribution in [0.15, 0.2) is 0 Å². The number of fused-ring (bicyclic) bond motifs is 2. The van der Waals surface area contributed by atoms with Gasteiger partial charge in [0.05, 0.1) is 0 Å². The van der Waals surface area contributed by atoms with E-state index in [4.69, 9.17) is 0 Å². The van der Waals surface area contributed by atoms with Crippen LogP contribution in [0.25, 0.3) is 0 Å². The van der Waals surface area contributed by atoms with E-state index in [1.54, 1.807) is 0 Å². The highest BCUT2D eigenvalue weighted by Crippen LogP contribution is 2.62. The lowest BCUT2D eigenvalue weighted by Crippen LogP contribution is -2.53. The first kappa shape index (κ1) is 16.3. The molecule has 2 saturated carbocycles. The fraction of sp³-hybridized carbons (Fsp3) is 1.00. The highest BCUT2D eigenvalue weighted by atomic mass is 15.1. The van der Waals surface area contributed by atoms with Crippen LogP contribution >= 0.6 is 0 Å². The van der Waals surface area contributed by atoms with Crippen LogP contribution in [0.1, 0.15) is 60.3 Å². The van der Waals surface area contributed by atoms with Crippen LogP contribution in [0.5, 0.6) is 0 Å². The molecule has 2 heteroatoms. The van der Waals surface area contributed by atoms with Crippen LogP contribution in [0.3, 0.4) is 0 Å². The van der Waals surface area contributed by atoms with Gasteiger partial charge in [-0.15, -0.1) is 0 Å². The van der Waals surface area contributed by atoms with Gasteiger partial charge in [0.2, 0.25) is 0 Å². The lowest BCUT2D eigenvalue weighted by molar-refractivity contribution is 0.0993. The van der Waals surface area contributed by atoms with Crippen LogP contribution in [-0.4, -0.2) is 37.6 Å². The number of nitrogens with one attached hydrogen (secondary N) is 1. The Morgan fingerprint density at radius 3 is 2.30 bits per heavy atom. The van der Waals surface area contributed by atoms with Crippen molar-refractivity contribution in [2.24, 2.45) is 22.7 Å². The summed E-state index contributed by atoms with van der Waals surface area (Å²) in [7, 11) is 4.45. The van der Waals surface area contributed by atoms with E-state index in [9.17, 15) is 0 Å². The zero-order valence-corrected chi connectivity index (χ0v) is 14.8. The number of nitrogens with zero attached hydrogens (tertiary/aromatic N) is 1. The SMILES string of the molecule is CC(C)CC(CNC1C2(C)CCC(C2)C1(C)C)N(C)C. The van der Waals surface area contributed by atoms with E-state index < -0.39 is 0 Å². The maximum absolute atomic E-state index is 3.99. The van der Waals surface area contributed by atoms with Crippen molar-refractivity contribution < 1.29 is 0 Å². The van der Waals surface area contributed by atoms with Gasteiger partial charge in [0, 0.05) is 18.6 Å². The summed E-state index contributed by atoms with van der Waals surface area (Å²) >= 11 is 0. The first-order valence-electron chi connectivity index (χ1n) is 8.56. The maximum atomic E-state index is 3.99. The summed E-state index contributed by atoms with van der Waals surface area (Å²) in [4.78, 5) is 2.40. The van der Waals surface area contributed by atoms with Crippen molar-refractivity contribution in [1.29, 1.82) is 0 Å². The Kier molecular flexibility index (Phi) is 4.57. The van der Waals surface area contributed by atoms with E-state index in [0.29, 0.717) is 22.9 Å². The van der Waals surface area contributed by atoms with E-state index >= 15 is 0 Å². The topological polar surface area (TPSA) is 15.3 Å². The summed E-state index contributed by atoms with van der Waals surface area (Å²) < 4.78 is 0. The molecule has 0 amide bonds. The Hall–Kier alpha value is -0.0800. The molecule has 2 aliphatic rings. The molecule has 1 N–H and O–H groups in total. The molecule has 2 nitrogen and oxygen atoms in total. The molecular formula is C18H36N2. The predicted octanol–water partition coefficient (Wildman–Crippen LogP) is 3.77. The number of likely N-dealkylation sites (N-methyl/N-ethyl adjacent to an activating group) is 1. The van der Waals surface area contributed by atoms with Gasteiger partial charge >= 0.3 is 0 Å². The Morgan fingerprint density at radius 1 is 1.20 bits per heavy atom. The minimum atomic E-state index is 0.474. The lowest BCUT2D eigenvalue weighted by Gasteiger charge is -2.44. The third-order valence-electron chi connectivity index (χ3n) is 6.30. The molecule has 0 saturated heterocycles. The second-order valence-corrected chi connectivity index (χ2v) is 9.00. The van der Waals surface area contributed by atoms with Gasteiger partial charge < -0.3 is 10.2 Å². The molecule has 0 heterocycles. The van der Waals surface area contributed by atoms with Crippen LogP contribution in [0.4, 0.5) is 0 Å².